The van der Waals surface area contributed by atoms with Crippen molar-refractivity contribution in [1.82, 2.24) is 4.90 Å². The molecule has 0 aliphatic carbocycles. The molecule has 0 aromatic rings. The van der Waals surface area contributed by atoms with Crippen LogP contribution in [0.1, 0.15) is 53.4 Å². The van der Waals surface area contributed by atoms with E-state index in [-0.39, 0.29) is 19.6 Å². The molecule has 1 unspecified atom stereocenters. The molecular weight excluding hydrogens is 406 g/mol. The SMILES string of the molecule is CCCCO[C@@H]1C[C@](OCCN(C)CCC)(C(=O)OC)OC([C@H]2COC(C)(C)O2)[C@@H]1O. The number of unbranched alkanes of at least 4 members (excludes halogenated alkanes) is 1. The molecule has 2 rings (SSSR count). The Bertz CT molecular complexity index is 560. The number of aliphatic hydroxyl groups is 1. The maximum absolute atomic E-state index is 12.9. The summed E-state index contributed by atoms with van der Waals surface area (Å²) < 4.78 is 34.8. The van der Waals surface area contributed by atoms with E-state index in [1.54, 1.807) is 13.8 Å². The quantitative estimate of drug-likeness (QED) is 0.354. The summed E-state index contributed by atoms with van der Waals surface area (Å²) in [6.45, 7) is 10.3. The lowest BCUT2D eigenvalue weighted by Crippen LogP contribution is -2.63. The number of aliphatic hydroxyl groups excluding tert-OH is 1. The number of carbonyl (C=O) groups excluding carboxylic acids is 1. The molecule has 0 amide bonds. The second-order valence-electron chi connectivity index (χ2n) is 8.80. The predicted octanol–water partition coefficient (Wildman–Crippen LogP) is 1.70. The van der Waals surface area contributed by atoms with Gasteiger partial charge in [0, 0.05) is 19.6 Å². The summed E-state index contributed by atoms with van der Waals surface area (Å²) in [5, 5.41) is 11.0. The van der Waals surface area contributed by atoms with Crippen molar-refractivity contribution in [1.29, 1.82) is 0 Å². The van der Waals surface area contributed by atoms with Crippen LogP contribution in [-0.2, 0) is 33.2 Å². The van der Waals surface area contributed by atoms with Crippen molar-refractivity contribution in [3.05, 3.63) is 0 Å². The monoisotopic (exact) mass is 447 g/mol. The maximum Gasteiger partial charge on any atom is 0.366 e. The van der Waals surface area contributed by atoms with Gasteiger partial charge >= 0.3 is 5.97 Å². The van der Waals surface area contributed by atoms with Gasteiger partial charge in [-0.25, -0.2) is 4.79 Å². The van der Waals surface area contributed by atoms with Crippen LogP contribution in [0.3, 0.4) is 0 Å². The minimum absolute atomic E-state index is 0.0372. The molecule has 9 nitrogen and oxygen atoms in total. The highest BCUT2D eigenvalue weighted by molar-refractivity contribution is 5.78. The zero-order chi connectivity index (χ0) is 23.1. The summed E-state index contributed by atoms with van der Waals surface area (Å²) in [6, 6.07) is 0. The fourth-order valence-corrected chi connectivity index (χ4v) is 3.94. The van der Waals surface area contributed by atoms with Crippen LogP contribution in [0.2, 0.25) is 0 Å². The first-order valence-corrected chi connectivity index (χ1v) is 11.4. The Labute approximate surface area is 186 Å². The lowest BCUT2D eigenvalue weighted by Gasteiger charge is -2.46. The number of methoxy groups -OCH3 is 1. The van der Waals surface area contributed by atoms with Crippen molar-refractivity contribution in [2.45, 2.75) is 89.4 Å². The number of esters is 1. The van der Waals surface area contributed by atoms with Crippen molar-refractivity contribution in [3.8, 4) is 0 Å². The van der Waals surface area contributed by atoms with Gasteiger partial charge in [0.15, 0.2) is 5.79 Å². The highest BCUT2D eigenvalue weighted by atomic mass is 16.8. The number of ether oxygens (including phenoxy) is 6. The molecular formula is C22H41NO8. The van der Waals surface area contributed by atoms with E-state index in [0.29, 0.717) is 13.2 Å². The van der Waals surface area contributed by atoms with E-state index in [1.165, 1.54) is 7.11 Å². The topological polar surface area (TPSA) is 95.9 Å². The summed E-state index contributed by atoms with van der Waals surface area (Å²) >= 11 is 0. The van der Waals surface area contributed by atoms with Crippen molar-refractivity contribution in [2.75, 3.05) is 47.1 Å². The molecule has 0 aromatic carbocycles. The lowest BCUT2D eigenvalue weighted by molar-refractivity contribution is -0.329. The minimum Gasteiger partial charge on any atom is -0.465 e. The number of carbonyl (C=O) groups is 1. The summed E-state index contributed by atoms with van der Waals surface area (Å²) in [5.41, 5.74) is 0. The van der Waals surface area contributed by atoms with Crippen molar-refractivity contribution in [3.63, 3.8) is 0 Å². The molecule has 0 saturated carbocycles. The summed E-state index contributed by atoms with van der Waals surface area (Å²) in [7, 11) is 3.29. The number of hydrogen-bond acceptors (Lipinski definition) is 9. The third-order valence-electron chi connectivity index (χ3n) is 5.65. The lowest BCUT2D eigenvalue weighted by atomic mass is 9.92. The summed E-state index contributed by atoms with van der Waals surface area (Å²) in [6.07, 6.45) is -0.236. The Balaban J connectivity index is 2.22. The first-order valence-electron chi connectivity index (χ1n) is 11.4. The zero-order valence-electron chi connectivity index (χ0n) is 19.9. The van der Waals surface area contributed by atoms with Crippen molar-refractivity contribution in [2.24, 2.45) is 0 Å². The van der Waals surface area contributed by atoms with Crippen LogP contribution in [0.15, 0.2) is 0 Å². The van der Waals surface area contributed by atoms with Crippen LogP contribution in [0.4, 0.5) is 0 Å². The molecule has 0 aromatic heterocycles. The van der Waals surface area contributed by atoms with E-state index in [9.17, 15) is 9.90 Å². The van der Waals surface area contributed by atoms with E-state index in [4.69, 9.17) is 28.4 Å². The number of rotatable bonds is 12. The first kappa shape index (κ1) is 26.4. The van der Waals surface area contributed by atoms with Gasteiger partial charge in [-0.2, -0.15) is 0 Å². The van der Waals surface area contributed by atoms with Crippen LogP contribution in [0, 0.1) is 0 Å². The Morgan fingerprint density at radius 1 is 1.16 bits per heavy atom. The average Bonchev–Trinajstić information content (AvgIpc) is 3.09. The van der Waals surface area contributed by atoms with Crippen LogP contribution >= 0.6 is 0 Å². The molecule has 0 bridgehead atoms. The van der Waals surface area contributed by atoms with Crippen LogP contribution < -0.4 is 0 Å². The Morgan fingerprint density at radius 2 is 1.90 bits per heavy atom. The van der Waals surface area contributed by atoms with Gasteiger partial charge in [-0.3, -0.25) is 0 Å². The maximum atomic E-state index is 12.9. The van der Waals surface area contributed by atoms with E-state index in [1.807, 2.05) is 7.05 Å². The smallest absolute Gasteiger partial charge is 0.366 e. The molecule has 2 fully saturated rings. The second-order valence-corrected chi connectivity index (χ2v) is 8.80. The molecule has 9 heteroatoms. The standard InChI is InChI=1S/C22H41NO8/c1-7-9-12-27-16-14-22(20(25)26-6,28-13-11-23(5)10-8-2)31-19(18(16)24)17-15-29-21(3,4)30-17/h16-19,24H,7-15H2,1-6H3/t16-,17-,18-,19?,22-/m1/s1. The molecule has 2 saturated heterocycles. The third kappa shape index (κ3) is 7.08. The van der Waals surface area contributed by atoms with Gasteiger partial charge in [-0.1, -0.05) is 20.3 Å². The van der Waals surface area contributed by atoms with Crippen LogP contribution in [-0.4, -0.2) is 99.0 Å². The normalized spacial score (nSPS) is 33.0. The first-order chi connectivity index (χ1) is 14.7. The molecule has 182 valence electrons. The van der Waals surface area contributed by atoms with Gasteiger partial charge in [0.1, 0.15) is 18.3 Å². The van der Waals surface area contributed by atoms with E-state index in [0.717, 1.165) is 25.8 Å². The Hall–Kier alpha value is -0.810. The summed E-state index contributed by atoms with van der Waals surface area (Å²) in [5.74, 6) is -3.13. The summed E-state index contributed by atoms with van der Waals surface area (Å²) in [4.78, 5) is 15.0. The van der Waals surface area contributed by atoms with Gasteiger partial charge in [0.2, 0.25) is 0 Å². The Kier molecular flexibility index (Phi) is 10.1. The molecule has 0 radical (unpaired) electrons. The second kappa shape index (κ2) is 11.9. The molecule has 2 aliphatic rings. The molecule has 0 spiro atoms. The van der Waals surface area contributed by atoms with Gasteiger partial charge < -0.3 is 38.4 Å². The average molecular weight is 448 g/mol. The van der Waals surface area contributed by atoms with Gasteiger partial charge in [-0.15, -0.1) is 0 Å². The van der Waals surface area contributed by atoms with Crippen molar-refractivity contribution >= 4 is 5.97 Å². The minimum atomic E-state index is -1.68. The predicted molar refractivity (Wildman–Crippen MR) is 114 cm³/mol. The molecule has 1 N–H and O–H groups in total. The van der Waals surface area contributed by atoms with Gasteiger partial charge in [-0.05, 0) is 40.3 Å². The van der Waals surface area contributed by atoms with E-state index in [2.05, 4.69) is 18.7 Å². The van der Waals surface area contributed by atoms with Crippen LogP contribution in [0.5, 0.6) is 0 Å². The number of nitrogens with zero attached hydrogens (tertiary/aromatic N) is 1. The van der Waals surface area contributed by atoms with Gasteiger partial charge in [0.25, 0.3) is 5.79 Å². The van der Waals surface area contributed by atoms with Crippen molar-refractivity contribution < 1.29 is 38.3 Å². The third-order valence-corrected chi connectivity index (χ3v) is 5.65. The highest BCUT2D eigenvalue weighted by Crippen LogP contribution is 2.38. The molecule has 2 heterocycles. The zero-order valence-corrected chi connectivity index (χ0v) is 19.9. The van der Waals surface area contributed by atoms with E-state index < -0.39 is 42.0 Å². The largest absolute Gasteiger partial charge is 0.465 e. The van der Waals surface area contributed by atoms with Crippen LogP contribution in [0.25, 0.3) is 0 Å². The fraction of sp³-hybridized carbons (Fsp3) is 0.955. The fourth-order valence-electron chi connectivity index (χ4n) is 3.94. The van der Waals surface area contributed by atoms with E-state index >= 15 is 0 Å². The Morgan fingerprint density at radius 3 is 2.48 bits per heavy atom. The highest BCUT2D eigenvalue weighted by Gasteiger charge is 2.57. The molecule has 5 atom stereocenters. The number of likely N-dealkylation sites (N-methyl/N-ethyl adjacent to an activating group) is 1. The molecule has 2 aliphatic heterocycles. The van der Waals surface area contributed by atoms with Gasteiger partial charge in [0.05, 0.1) is 26.4 Å². The molecule has 31 heavy (non-hydrogen) atoms. The number of hydrogen-bond donors (Lipinski definition) is 1.